The first-order valence-corrected chi connectivity index (χ1v) is 12.4. The zero-order valence-electron chi connectivity index (χ0n) is 18.9. The van der Waals surface area contributed by atoms with E-state index in [9.17, 15) is 14.0 Å². The fourth-order valence-corrected chi connectivity index (χ4v) is 4.84. The van der Waals surface area contributed by atoms with Crippen molar-refractivity contribution in [3.63, 3.8) is 0 Å². The maximum absolute atomic E-state index is 13.0. The van der Waals surface area contributed by atoms with Crippen LogP contribution >= 0.6 is 11.8 Å². The molecule has 0 spiro atoms. The summed E-state index contributed by atoms with van der Waals surface area (Å²) < 4.78 is 13.0. The van der Waals surface area contributed by atoms with Gasteiger partial charge in [-0.1, -0.05) is 36.4 Å². The van der Waals surface area contributed by atoms with Gasteiger partial charge >= 0.3 is 0 Å². The van der Waals surface area contributed by atoms with Gasteiger partial charge < -0.3 is 10.6 Å². The van der Waals surface area contributed by atoms with Crippen molar-refractivity contribution in [1.29, 1.82) is 0 Å². The first kappa shape index (κ1) is 24.0. The molecule has 0 bridgehead atoms. The number of likely N-dealkylation sites (tertiary alicyclic amines) is 1. The van der Waals surface area contributed by atoms with Crippen LogP contribution in [0, 0.1) is 5.82 Å². The summed E-state index contributed by atoms with van der Waals surface area (Å²) in [6.45, 7) is 3.61. The van der Waals surface area contributed by atoms with Gasteiger partial charge in [0.25, 0.3) is 5.91 Å². The van der Waals surface area contributed by atoms with Gasteiger partial charge in [0.05, 0.1) is 11.3 Å². The first-order valence-electron chi connectivity index (χ1n) is 11.4. The van der Waals surface area contributed by atoms with E-state index in [0.29, 0.717) is 17.8 Å². The predicted molar refractivity (Wildman–Crippen MR) is 134 cm³/mol. The van der Waals surface area contributed by atoms with Gasteiger partial charge in [-0.05, 0) is 73.5 Å². The molecule has 3 aromatic carbocycles. The molecule has 1 heterocycles. The fourth-order valence-electron chi connectivity index (χ4n) is 3.99. The van der Waals surface area contributed by atoms with E-state index >= 15 is 0 Å². The number of thioether (sulfide) groups is 1. The number of benzene rings is 3. The topological polar surface area (TPSA) is 61.4 Å². The highest BCUT2D eigenvalue weighted by atomic mass is 32.2. The Labute approximate surface area is 203 Å². The summed E-state index contributed by atoms with van der Waals surface area (Å²) >= 11 is 1.30. The molecule has 0 aromatic heterocycles. The maximum atomic E-state index is 13.0. The quantitative estimate of drug-likeness (QED) is 0.422. The molecule has 3 aromatic rings. The van der Waals surface area contributed by atoms with Crippen molar-refractivity contribution in [2.24, 2.45) is 0 Å². The van der Waals surface area contributed by atoms with Crippen LogP contribution in [0.2, 0.25) is 0 Å². The van der Waals surface area contributed by atoms with Crippen LogP contribution in [0.15, 0.2) is 77.7 Å². The van der Waals surface area contributed by atoms with E-state index in [1.54, 1.807) is 6.07 Å². The van der Waals surface area contributed by atoms with Crippen molar-refractivity contribution in [2.75, 3.05) is 24.2 Å². The van der Waals surface area contributed by atoms with Gasteiger partial charge in [0.15, 0.2) is 0 Å². The Morgan fingerprint density at radius 3 is 2.32 bits per heavy atom. The number of nitrogens with zero attached hydrogens (tertiary/aromatic N) is 1. The number of halogens is 1. The smallest absolute Gasteiger partial charge is 0.252 e. The lowest BCUT2D eigenvalue weighted by Gasteiger charge is -2.18. The summed E-state index contributed by atoms with van der Waals surface area (Å²) in [5.74, 6) is -0.605. The second-order valence-corrected chi connectivity index (χ2v) is 9.29. The van der Waals surface area contributed by atoms with Crippen molar-refractivity contribution in [3.05, 3.63) is 95.3 Å². The van der Waals surface area contributed by atoms with Gasteiger partial charge in [-0.15, -0.1) is 11.8 Å². The molecule has 0 atom stereocenters. The van der Waals surface area contributed by atoms with E-state index in [2.05, 4.69) is 27.7 Å². The number of anilines is 1. The van der Waals surface area contributed by atoms with E-state index in [-0.39, 0.29) is 23.4 Å². The Kier molecular flexibility index (Phi) is 8.33. The number of hydrogen-bond donors (Lipinski definition) is 2. The number of carbonyl (C=O) groups excluding carboxylic acids is 2. The third-order valence-electron chi connectivity index (χ3n) is 5.77. The van der Waals surface area contributed by atoms with Crippen LogP contribution in [0.1, 0.15) is 34.3 Å². The number of carbonyl (C=O) groups is 2. The molecule has 34 heavy (non-hydrogen) atoms. The molecule has 1 aliphatic heterocycles. The maximum Gasteiger partial charge on any atom is 0.252 e. The van der Waals surface area contributed by atoms with E-state index < -0.39 is 0 Å². The summed E-state index contributed by atoms with van der Waals surface area (Å²) in [7, 11) is 0. The average Bonchev–Trinajstić information content (AvgIpc) is 3.37. The normalized spacial score (nSPS) is 13.6. The number of nitrogens with one attached hydrogen (secondary N) is 2. The van der Waals surface area contributed by atoms with Crippen molar-refractivity contribution in [3.8, 4) is 0 Å². The van der Waals surface area contributed by atoms with Gasteiger partial charge in [0, 0.05) is 23.7 Å². The van der Waals surface area contributed by atoms with E-state index in [4.69, 9.17) is 0 Å². The SMILES string of the molecule is O=C(CSc1ccccc1C(=O)NCc1ccccc1CN1CCCC1)Nc1ccc(F)cc1. The third kappa shape index (κ3) is 6.68. The molecular weight excluding hydrogens is 449 g/mol. The van der Waals surface area contributed by atoms with Crippen molar-refractivity contribution < 1.29 is 14.0 Å². The fraction of sp³-hybridized carbons (Fsp3) is 0.259. The van der Waals surface area contributed by atoms with Gasteiger partial charge in [0.2, 0.25) is 5.91 Å². The number of hydrogen-bond acceptors (Lipinski definition) is 4. The molecule has 2 amide bonds. The third-order valence-corrected chi connectivity index (χ3v) is 6.84. The minimum atomic E-state index is -0.356. The molecule has 0 aliphatic carbocycles. The lowest BCUT2D eigenvalue weighted by atomic mass is 10.1. The van der Waals surface area contributed by atoms with Crippen molar-refractivity contribution >= 4 is 29.3 Å². The minimum Gasteiger partial charge on any atom is -0.348 e. The Morgan fingerprint density at radius 1 is 0.882 bits per heavy atom. The molecular formula is C27H28FN3O2S. The van der Waals surface area contributed by atoms with Gasteiger partial charge in [-0.3, -0.25) is 14.5 Å². The van der Waals surface area contributed by atoms with Crippen LogP contribution in [0.3, 0.4) is 0 Å². The molecule has 1 aliphatic rings. The van der Waals surface area contributed by atoms with Gasteiger partial charge in [-0.25, -0.2) is 4.39 Å². The molecule has 176 valence electrons. The molecule has 0 radical (unpaired) electrons. The largest absolute Gasteiger partial charge is 0.348 e. The molecule has 0 unspecified atom stereocenters. The monoisotopic (exact) mass is 477 g/mol. The molecule has 4 rings (SSSR count). The summed E-state index contributed by atoms with van der Waals surface area (Å²) in [4.78, 5) is 28.5. The van der Waals surface area contributed by atoms with Crippen LogP contribution < -0.4 is 10.6 Å². The Bertz CT molecular complexity index is 1130. The molecule has 1 fully saturated rings. The summed E-state index contributed by atoms with van der Waals surface area (Å²) in [6.07, 6.45) is 2.49. The Hall–Kier alpha value is -3.16. The van der Waals surface area contributed by atoms with Crippen LogP contribution in [-0.4, -0.2) is 35.6 Å². The highest BCUT2D eigenvalue weighted by Crippen LogP contribution is 2.23. The predicted octanol–water partition coefficient (Wildman–Crippen LogP) is 5.08. The molecule has 5 nitrogen and oxygen atoms in total. The second-order valence-electron chi connectivity index (χ2n) is 8.27. The zero-order chi connectivity index (χ0) is 23.8. The van der Waals surface area contributed by atoms with E-state index in [1.807, 2.05) is 30.3 Å². The Morgan fingerprint density at radius 2 is 1.56 bits per heavy atom. The highest BCUT2D eigenvalue weighted by molar-refractivity contribution is 8.00. The van der Waals surface area contributed by atoms with Crippen LogP contribution in [0.25, 0.3) is 0 Å². The molecule has 1 saturated heterocycles. The first-order chi connectivity index (χ1) is 16.6. The zero-order valence-corrected chi connectivity index (χ0v) is 19.7. The van der Waals surface area contributed by atoms with Crippen LogP contribution in [0.4, 0.5) is 10.1 Å². The summed E-state index contributed by atoms with van der Waals surface area (Å²) in [5, 5.41) is 5.79. The van der Waals surface area contributed by atoms with Crippen LogP contribution in [0.5, 0.6) is 0 Å². The summed E-state index contributed by atoms with van der Waals surface area (Å²) in [6, 6.07) is 21.1. The highest BCUT2D eigenvalue weighted by Gasteiger charge is 2.16. The van der Waals surface area contributed by atoms with E-state index in [1.165, 1.54) is 54.4 Å². The van der Waals surface area contributed by atoms with Gasteiger partial charge in [0.1, 0.15) is 5.82 Å². The average molecular weight is 478 g/mol. The molecule has 7 heteroatoms. The van der Waals surface area contributed by atoms with Crippen LogP contribution in [-0.2, 0) is 17.9 Å². The number of amides is 2. The lowest BCUT2D eigenvalue weighted by Crippen LogP contribution is -2.25. The van der Waals surface area contributed by atoms with E-state index in [0.717, 1.165) is 30.1 Å². The minimum absolute atomic E-state index is 0.139. The second kappa shape index (κ2) is 11.8. The standard InChI is InChI=1S/C27H28FN3O2S/c28-22-11-13-23(14-12-22)30-26(32)19-34-25-10-4-3-9-24(25)27(33)29-17-20-7-1-2-8-21(20)18-31-15-5-6-16-31/h1-4,7-14H,5-6,15-19H2,(H,29,33)(H,30,32). The lowest BCUT2D eigenvalue weighted by molar-refractivity contribution is -0.113. The summed E-state index contributed by atoms with van der Waals surface area (Å²) in [5.41, 5.74) is 3.43. The molecule has 0 saturated carbocycles. The number of rotatable bonds is 9. The van der Waals surface area contributed by atoms with Crippen molar-refractivity contribution in [1.82, 2.24) is 10.2 Å². The molecule has 2 N–H and O–H groups in total. The van der Waals surface area contributed by atoms with Gasteiger partial charge in [-0.2, -0.15) is 0 Å². The van der Waals surface area contributed by atoms with Crippen molar-refractivity contribution in [2.45, 2.75) is 30.8 Å². The Balaban J connectivity index is 1.34.